The number of hydrogen-bond donors (Lipinski definition) is 0. The van der Waals surface area contributed by atoms with Crippen LogP contribution >= 0.6 is 0 Å². The summed E-state index contributed by atoms with van der Waals surface area (Å²) in [4.78, 5) is 14.4. The van der Waals surface area contributed by atoms with Gasteiger partial charge in [-0.1, -0.05) is 36.4 Å². The third-order valence-electron chi connectivity index (χ3n) is 7.92. The zero-order chi connectivity index (χ0) is 22.7. The fraction of sp³-hybridized carbons (Fsp3) is 0.0645. The second-order valence-corrected chi connectivity index (χ2v) is 9.68. The average Bonchev–Trinajstić information content (AvgIpc) is 3.58. The maximum absolute atomic E-state index is 4.99. The van der Waals surface area contributed by atoms with Crippen molar-refractivity contribution in [3.8, 4) is 22.3 Å². The monoisotopic (exact) mass is 446 g/mol. The molecule has 9 rings (SSSR count). The van der Waals surface area contributed by atoms with Gasteiger partial charge < -0.3 is 0 Å². The van der Waals surface area contributed by atoms with Crippen LogP contribution in [-0.2, 0) is 12.8 Å². The topological polar surface area (TPSA) is 43.1 Å². The van der Waals surface area contributed by atoms with Crippen LogP contribution in [0.3, 0.4) is 0 Å². The second kappa shape index (κ2) is 6.10. The van der Waals surface area contributed by atoms with Gasteiger partial charge in [0.05, 0.1) is 16.6 Å². The molecule has 7 aromatic rings. The van der Waals surface area contributed by atoms with Crippen LogP contribution in [0.5, 0.6) is 0 Å². The zero-order valence-electron chi connectivity index (χ0n) is 18.8. The standard InChI is InChI=1S/C31H18N4/c1-2-6-20-17(5-1)13-18-9-10-21-22-16-25-24(15-19(22)14-23(21)28(18)20)29-26(7-3-11-32-29)35-27-8-4-12-33-30(27)34-31(25)35/h1-12,15-16H,13-14H2. The summed E-state index contributed by atoms with van der Waals surface area (Å²) in [6.45, 7) is 0. The van der Waals surface area contributed by atoms with E-state index in [-0.39, 0.29) is 0 Å². The highest BCUT2D eigenvalue weighted by Gasteiger charge is 2.29. The normalized spacial score (nSPS) is 13.5. The van der Waals surface area contributed by atoms with Gasteiger partial charge in [0.15, 0.2) is 5.65 Å². The zero-order valence-corrected chi connectivity index (χ0v) is 18.8. The third-order valence-corrected chi connectivity index (χ3v) is 7.92. The Morgan fingerprint density at radius 1 is 0.629 bits per heavy atom. The van der Waals surface area contributed by atoms with Crippen LogP contribution in [0.1, 0.15) is 22.3 Å². The van der Waals surface area contributed by atoms with Crippen LogP contribution in [0.2, 0.25) is 0 Å². The summed E-state index contributed by atoms with van der Waals surface area (Å²) in [6.07, 6.45) is 5.68. The maximum atomic E-state index is 4.99. The Labute approximate surface area is 200 Å². The molecule has 0 saturated carbocycles. The van der Waals surface area contributed by atoms with Gasteiger partial charge in [0.1, 0.15) is 5.65 Å². The van der Waals surface area contributed by atoms with Crippen LogP contribution < -0.4 is 0 Å². The first-order valence-electron chi connectivity index (χ1n) is 12.0. The molecule has 0 fully saturated rings. The highest BCUT2D eigenvalue weighted by atomic mass is 15.1. The van der Waals surface area contributed by atoms with Crippen molar-refractivity contribution in [3.63, 3.8) is 0 Å². The molecule has 0 atom stereocenters. The van der Waals surface area contributed by atoms with Gasteiger partial charge in [-0.15, -0.1) is 0 Å². The Hall–Kier alpha value is -4.57. The lowest BCUT2D eigenvalue weighted by atomic mass is 9.95. The lowest BCUT2D eigenvalue weighted by molar-refractivity contribution is 1.23. The smallest absolute Gasteiger partial charge is 0.178 e. The summed E-state index contributed by atoms with van der Waals surface area (Å²) < 4.78 is 2.22. The lowest BCUT2D eigenvalue weighted by Gasteiger charge is -2.11. The molecule has 0 spiro atoms. The second-order valence-electron chi connectivity index (χ2n) is 9.68. The first-order valence-corrected chi connectivity index (χ1v) is 12.0. The minimum Gasteiger partial charge on any atom is -0.288 e. The molecular formula is C31H18N4. The summed E-state index contributed by atoms with van der Waals surface area (Å²) in [7, 11) is 0. The van der Waals surface area contributed by atoms with Crippen LogP contribution in [0.4, 0.5) is 0 Å². The Morgan fingerprint density at radius 2 is 1.51 bits per heavy atom. The van der Waals surface area contributed by atoms with Crippen molar-refractivity contribution < 1.29 is 0 Å². The lowest BCUT2D eigenvalue weighted by Crippen LogP contribution is -1.94. The largest absolute Gasteiger partial charge is 0.288 e. The van der Waals surface area contributed by atoms with Gasteiger partial charge in [0.25, 0.3) is 0 Å². The number of pyridine rings is 3. The Kier molecular flexibility index (Phi) is 3.11. The number of nitrogens with zero attached hydrogens (tertiary/aromatic N) is 4. The van der Waals surface area contributed by atoms with Crippen LogP contribution in [0.25, 0.3) is 60.9 Å². The van der Waals surface area contributed by atoms with Crippen molar-refractivity contribution in [3.05, 3.63) is 107 Å². The van der Waals surface area contributed by atoms with Crippen LogP contribution in [-0.4, -0.2) is 19.4 Å². The van der Waals surface area contributed by atoms with E-state index in [1.165, 1.54) is 44.5 Å². The highest BCUT2D eigenvalue weighted by Crippen LogP contribution is 2.49. The van der Waals surface area contributed by atoms with E-state index in [1.54, 1.807) is 0 Å². The third kappa shape index (κ3) is 2.15. The van der Waals surface area contributed by atoms with Crippen molar-refractivity contribution >= 4 is 38.6 Å². The molecule has 4 aromatic heterocycles. The maximum Gasteiger partial charge on any atom is 0.178 e. The van der Waals surface area contributed by atoms with Crippen molar-refractivity contribution in [1.29, 1.82) is 0 Å². The van der Waals surface area contributed by atoms with Gasteiger partial charge in [0, 0.05) is 23.2 Å². The highest BCUT2D eigenvalue weighted by molar-refractivity contribution is 6.14. The summed E-state index contributed by atoms with van der Waals surface area (Å²) in [6, 6.07) is 26.4. The van der Waals surface area contributed by atoms with E-state index in [0.717, 1.165) is 51.5 Å². The minimum atomic E-state index is 0.764. The molecule has 0 aliphatic heterocycles. The minimum absolute atomic E-state index is 0.764. The summed E-state index contributed by atoms with van der Waals surface area (Å²) >= 11 is 0. The van der Waals surface area contributed by atoms with Gasteiger partial charge in [-0.3, -0.25) is 9.38 Å². The molecule has 2 aliphatic rings. The van der Waals surface area contributed by atoms with Crippen molar-refractivity contribution in [2.75, 3.05) is 0 Å². The first kappa shape index (κ1) is 17.8. The molecule has 4 nitrogen and oxygen atoms in total. The van der Waals surface area contributed by atoms with Gasteiger partial charge in [0.2, 0.25) is 0 Å². The Morgan fingerprint density at radius 3 is 2.49 bits per heavy atom. The van der Waals surface area contributed by atoms with Crippen LogP contribution in [0, 0.1) is 0 Å². The number of rotatable bonds is 0. The number of fused-ring (bicyclic) bond motifs is 15. The fourth-order valence-electron chi connectivity index (χ4n) is 6.47. The van der Waals surface area contributed by atoms with E-state index >= 15 is 0 Å². The number of imidazole rings is 1. The summed E-state index contributed by atoms with van der Waals surface area (Å²) in [5.74, 6) is 0. The molecule has 0 saturated heterocycles. The number of aromatic nitrogens is 4. The molecule has 0 N–H and O–H groups in total. The number of hydrogen-bond acceptors (Lipinski definition) is 3. The van der Waals surface area contributed by atoms with Gasteiger partial charge in [-0.05, 0) is 93.7 Å². The molecule has 0 amide bonds. The molecule has 162 valence electrons. The molecular weight excluding hydrogens is 428 g/mol. The van der Waals surface area contributed by atoms with E-state index in [4.69, 9.17) is 9.97 Å². The van der Waals surface area contributed by atoms with Gasteiger partial charge >= 0.3 is 0 Å². The summed E-state index contributed by atoms with van der Waals surface area (Å²) in [5.41, 5.74) is 16.0. The van der Waals surface area contributed by atoms with E-state index in [2.05, 4.69) is 70.0 Å². The molecule has 2 aliphatic carbocycles. The first-order chi connectivity index (χ1) is 17.3. The van der Waals surface area contributed by atoms with E-state index in [0.29, 0.717) is 0 Å². The van der Waals surface area contributed by atoms with Gasteiger partial charge in [-0.2, -0.15) is 0 Å². The quantitative estimate of drug-likeness (QED) is 0.243. The van der Waals surface area contributed by atoms with Crippen LogP contribution in [0.15, 0.2) is 85.2 Å². The SMILES string of the molecule is c1ccc2c(c1)Cc1ccc3c(c1-2)Cc1cc2c(cc1-3)c1nc3ncccc3n1c1cccnc21. The van der Waals surface area contributed by atoms with Gasteiger partial charge in [-0.25, -0.2) is 9.97 Å². The number of benzene rings is 3. The molecule has 3 aromatic carbocycles. The Bertz CT molecular complexity index is 2070. The predicted octanol–water partition coefficient (Wildman–Crippen LogP) is 6.73. The molecule has 4 heterocycles. The summed E-state index contributed by atoms with van der Waals surface area (Å²) in [5, 5.41) is 2.29. The van der Waals surface area contributed by atoms with Crippen molar-refractivity contribution in [2.24, 2.45) is 0 Å². The van der Waals surface area contributed by atoms with E-state index in [1.807, 2.05) is 24.5 Å². The molecule has 35 heavy (non-hydrogen) atoms. The van der Waals surface area contributed by atoms with Crippen molar-refractivity contribution in [2.45, 2.75) is 12.8 Å². The fourth-order valence-corrected chi connectivity index (χ4v) is 6.47. The predicted molar refractivity (Wildman–Crippen MR) is 140 cm³/mol. The Balaban J connectivity index is 1.41. The molecule has 4 heteroatoms. The molecule has 0 bridgehead atoms. The average molecular weight is 447 g/mol. The molecule has 0 radical (unpaired) electrons. The van der Waals surface area contributed by atoms with Crippen molar-refractivity contribution in [1.82, 2.24) is 19.4 Å². The molecule has 0 unspecified atom stereocenters. The van der Waals surface area contributed by atoms with E-state index < -0.39 is 0 Å². The van der Waals surface area contributed by atoms with E-state index in [9.17, 15) is 0 Å².